The van der Waals surface area contributed by atoms with E-state index in [2.05, 4.69) is 0 Å². The predicted molar refractivity (Wildman–Crippen MR) is 54.9 cm³/mol. The summed E-state index contributed by atoms with van der Waals surface area (Å²) in [7, 11) is 0. The van der Waals surface area contributed by atoms with E-state index in [-0.39, 0.29) is 0 Å². The minimum atomic E-state index is -0.519. The second-order valence-corrected chi connectivity index (χ2v) is 3.31. The molecule has 0 saturated carbocycles. The van der Waals surface area contributed by atoms with Crippen LogP contribution in [-0.4, -0.2) is 11.0 Å². The summed E-state index contributed by atoms with van der Waals surface area (Å²) in [5.74, 6) is -0.451. The van der Waals surface area contributed by atoms with Crippen LogP contribution in [0.3, 0.4) is 0 Å². The molecule has 0 spiro atoms. The SMILES string of the molecule is CCC(O)c1cccc(C(N)=O)c1C. The van der Waals surface area contributed by atoms with Crippen molar-refractivity contribution in [1.82, 2.24) is 0 Å². The lowest BCUT2D eigenvalue weighted by molar-refractivity contribution is 0.0999. The van der Waals surface area contributed by atoms with E-state index in [1.165, 1.54) is 0 Å². The van der Waals surface area contributed by atoms with E-state index in [1.807, 2.05) is 13.0 Å². The standard InChI is InChI=1S/C11H15NO2/c1-3-10(13)8-5-4-6-9(7(8)2)11(12)14/h4-6,10,13H,3H2,1-2H3,(H2,12,14). The average molecular weight is 193 g/mol. The summed E-state index contributed by atoms with van der Waals surface area (Å²) in [6.07, 6.45) is 0.109. The van der Waals surface area contributed by atoms with Crippen molar-refractivity contribution < 1.29 is 9.90 Å². The van der Waals surface area contributed by atoms with Gasteiger partial charge in [0.05, 0.1) is 6.10 Å². The monoisotopic (exact) mass is 193 g/mol. The van der Waals surface area contributed by atoms with Gasteiger partial charge in [-0.05, 0) is 30.5 Å². The summed E-state index contributed by atoms with van der Waals surface area (Å²) in [5.41, 5.74) is 7.24. The van der Waals surface area contributed by atoms with Gasteiger partial charge >= 0.3 is 0 Å². The van der Waals surface area contributed by atoms with Crippen LogP contribution in [0.4, 0.5) is 0 Å². The van der Waals surface area contributed by atoms with E-state index in [1.54, 1.807) is 19.1 Å². The van der Waals surface area contributed by atoms with Crippen LogP contribution >= 0.6 is 0 Å². The molecule has 76 valence electrons. The molecule has 3 nitrogen and oxygen atoms in total. The summed E-state index contributed by atoms with van der Waals surface area (Å²) in [6.45, 7) is 3.69. The maximum absolute atomic E-state index is 11.0. The first-order chi connectivity index (χ1) is 6.57. The molecule has 0 fully saturated rings. The molecule has 1 aromatic carbocycles. The normalized spacial score (nSPS) is 12.5. The zero-order valence-corrected chi connectivity index (χ0v) is 8.45. The molecule has 0 bridgehead atoms. The number of aliphatic hydroxyl groups excluding tert-OH is 1. The fourth-order valence-electron chi connectivity index (χ4n) is 1.50. The van der Waals surface area contributed by atoms with Gasteiger partial charge in [-0.25, -0.2) is 0 Å². The number of benzene rings is 1. The Morgan fingerprint density at radius 3 is 2.71 bits per heavy atom. The Balaban J connectivity index is 3.20. The molecular weight excluding hydrogens is 178 g/mol. The number of rotatable bonds is 3. The minimum Gasteiger partial charge on any atom is -0.388 e. The molecule has 1 atom stereocenters. The number of primary amides is 1. The molecule has 0 aliphatic rings. The molecule has 14 heavy (non-hydrogen) atoms. The molecule has 0 heterocycles. The number of amides is 1. The molecular formula is C11H15NO2. The second-order valence-electron chi connectivity index (χ2n) is 3.31. The Kier molecular flexibility index (Phi) is 3.25. The van der Waals surface area contributed by atoms with Gasteiger partial charge in [-0.2, -0.15) is 0 Å². The van der Waals surface area contributed by atoms with Crippen molar-refractivity contribution in [2.45, 2.75) is 26.4 Å². The molecule has 1 unspecified atom stereocenters. The van der Waals surface area contributed by atoms with Crippen molar-refractivity contribution in [3.8, 4) is 0 Å². The Morgan fingerprint density at radius 1 is 1.57 bits per heavy atom. The highest BCUT2D eigenvalue weighted by molar-refractivity contribution is 5.94. The van der Waals surface area contributed by atoms with Crippen molar-refractivity contribution in [3.63, 3.8) is 0 Å². The van der Waals surface area contributed by atoms with Crippen LogP contribution in [0.15, 0.2) is 18.2 Å². The predicted octanol–water partition coefficient (Wildman–Crippen LogP) is 1.54. The molecule has 0 aliphatic heterocycles. The molecule has 1 aromatic rings. The van der Waals surface area contributed by atoms with E-state index in [0.717, 1.165) is 11.1 Å². The number of hydrogen-bond donors (Lipinski definition) is 2. The van der Waals surface area contributed by atoms with Gasteiger partial charge in [0.1, 0.15) is 0 Å². The molecule has 0 aliphatic carbocycles. The fraction of sp³-hybridized carbons (Fsp3) is 0.364. The third-order valence-corrected chi connectivity index (χ3v) is 2.39. The lowest BCUT2D eigenvalue weighted by Crippen LogP contribution is -2.14. The topological polar surface area (TPSA) is 63.3 Å². The van der Waals surface area contributed by atoms with Crippen molar-refractivity contribution in [2.24, 2.45) is 5.73 Å². The Hall–Kier alpha value is -1.35. The van der Waals surface area contributed by atoms with Gasteiger partial charge < -0.3 is 10.8 Å². The fourth-order valence-corrected chi connectivity index (χ4v) is 1.50. The molecule has 1 amide bonds. The number of carbonyl (C=O) groups excluding carboxylic acids is 1. The van der Waals surface area contributed by atoms with Gasteiger partial charge in [0.25, 0.3) is 0 Å². The van der Waals surface area contributed by atoms with E-state index in [0.29, 0.717) is 12.0 Å². The zero-order valence-electron chi connectivity index (χ0n) is 8.45. The lowest BCUT2D eigenvalue weighted by atomic mass is 9.97. The van der Waals surface area contributed by atoms with Crippen molar-refractivity contribution in [3.05, 3.63) is 34.9 Å². The van der Waals surface area contributed by atoms with Crippen molar-refractivity contribution in [2.75, 3.05) is 0 Å². The number of hydrogen-bond acceptors (Lipinski definition) is 2. The molecule has 3 N–H and O–H groups in total. The van der Waals surface area contributed by atoms with Gasteiger partial charge in [-0.15, -0.1) is 0 Å². The quantitative estimate of drug-likeness (QED) is 0.764. The van der Waals surface area contributed by atoms with E-state index in [4.69, 9.17) is 5.73 Å². The van der Waals surface area contributed by atoms with Crippen LogP contribution in [0.2, 0.25) is 0 Å². The molecule has 0 radical (unpaired) electrons. The largest absolute Gasteiger partial charge is 0.388 e. The Bertz CT molecular complexity index is 347. The Labute approximate surface area is 83.6 Å². The summed E-state index contributed by atoms with van der Waals surface area (Å²) in [6, 6.07) is 5.22. The van der Waals surface area contributed by atoms with Crippen LogP contribution in [0.5, 0.6) is 0 Å². The first-order valence-electron chi connectivity index (χ1n) is 4.65. The van der Waals surface area contributed by atoms with Gasteiger partial charge in [-0.1, -0.05) is 19.1 Å². The first kappa shape index (κ1) is 10.7. The van der Waals surface area contributed by atoms with Crippen LogP contribution < -0.4 is 5.73 Å². The van der Waals surface area contributed by atoms with Gasteiger partial charge in [0.15, 0.2) is 0 Å². The van der Waals surface area contributed by atoms with Crippen LogP contribution in [-0.2, 0) is 0 Å². The van der Waals surface area contributed by atoms with Gasteiger partial charge in [-0.3, -0.25) is 4.79 Å². The third-order valence-electron chi connectivity index (χ3n) is 2.39. The average Bonchev–Trinajstić information content (AvgIpc) is 2.16. The highest BCUT2D eigenvalue weighted by atomic mass is 16.3. The Morgan fingerprint density at radius 2 is 2.21 bits per heavy atom. The highest BCUT2D eigenvalue weighted by Crippen LogP contribution is 2.22. The van der Waals surface area contributed by atoms with Crippen molar-refractivity contribution in [1.29, 1.82) is 0 Å². The summed E-state index contributed by atoms with van der Waals surface area (Å²) < 4.78 is 0. The molecule has 1 rings (SSSR count). The van der Waals surface area contributed by atoms with Gasteiger partial charge in [0.2, 0.25) is 5.91 Å². The summed E-state index contributed by atoms with van der Waals surface area (Å²) in [4.78, 5) is 11.0. The molecule has 0 aromatic heterocycles. The smallest absolute Gasteiger partial charge is 0.248 e. The first-order valence-corrected chi connectivity index (χ1v) is 4.65. The highest BCUT2D eigenvalue weighted by Gasteiger charge is 2.12. The number of nitrogens with two attached hydrogens (primary N) is 1. The second kappa shape index (κ2) is 4.24. The van der Waals surface area contributed by atoms with Crippen molar-refractivity contribution >= 4 is 5.91 Å². The lowest BCUT2D eigenvalue weighted by Gasteiger charge is -2.13. The van der Waals surface area contributed by atoms with Crippen LogP contribution in [0.25, 0.3) is 0 Å². The summed E-state index contributed by atoms with van der Waals surface area (Å²) >= 11 is 0. The minimum absolute atomic E-state index is 0.451. The molecule has 3 heteroatoms. The van der Waals surface area contributed by atoms with Crippen LogP contribution in [0.1, 0.15) is 40.9 Å². The number of aliphatic hydroxyl groups is 1. The maximum Gasteiger partial charge on any atom is 0.248 e. The maximum atomic E-state index is 11.0. The number of carbonyl (C=O) groups is 1. The van der Waals surface area contributed by atoms with Crippen LogP contribution in [0, 0.1) is 6.92 Å². The summed E-state index contributed by atoms with van der Waals surface area (Å²) in [5, 5.41) is 9.66. The third kappa shape index (κ3) is 1.93. The molecule has 0 saturated heterocycles. The van der Waals surface area contributed by atoms with E-state index >= 15 is 0 Å². The van der Waals surface area contributed by atoms with E-state index < -0.39 is 12.0 Å². The zero-order chi connectivity index (χ0) is 10.7. The van der Waals surface area contributed by atoms with E-state index in [9.17, 15) is 9.90 Å². The van der Waals surface area contributed by atoms with Gasteiger partial charge in [0, 0.05) is 5.56 Å².